The van der Waals surface area contributed by atoms with Gasteiger partial charge < -0.3 is 9.64 Å². The van der Waals surface area contributed by atoms with E-state index in [2.05, 4.69) is 23.7 Å². The molecule has 4 rings (SSSR count). The molecule has 0 saturated carbocycles. The van der Waals surface area contributed by atoms with Gasteiger partial charge in [0, 0.05) is 25.5 Å². The summed E-state index contributed by atoms with van der Waals surface area (Å²) in [6, 6.07) is 11.2. The molecule has 1 saturated heterocycles. The molecule has 0 aliphatic carbocycles. The fraction of sp³-hybridized carbons (Fsp3) is 0.400. The summed E-state index contributed by atoms with van der Waals surface area (Å²) in [5.74, 6) is 0.791. The second kappa shape index (κ2) is 9.33. The van der Waals surface area contributed by atoms with Crippen LogP contribution in [0.2, 0.25) is 0 Å². The topological polar surface area (TPSA) is 62.7 Å². The molecule has 6 heteroatoms. The normalized spacial score (nSPS) is 19.4. The molecule has 1 aromatic heterocycles. The first kappa shape index (κ1) is 21.1. The molecule has 0 N–H and O–H groups in total. The Morgan fingerprint density at radius 3 is 2.61 bits per heavy atom. The van der Waals surface area contributed by atoms with Crippen molar-refractivity contribution in [3.8, 4) is 5.75 Å². The van der Waals surface area contributed by atoms with Crippen molar-refractivity contribution in [2.24, 2.45) is 5.92 Å². The Morgan fingerprint density at radius 2 is 1.94 bits per heavy atom. The van der Waals surface area contributed by atoms with E-state index < -0.39 is 0 Å². The average molecular weight is 420 g/mol. The first-order valence-electron chi connectivity index (χ1n) is 11.1. The van der Waals surface area contributed by atoms with Crippen molar-refractivity contribution < 1.29 is 14.3 Å². The summed E-state index contributed by atoms with van der Waals surface area (Å²) in [5, 5.41) is 0. The second-order valence-electron chi connectivity index (χ2n) is 8.35. The van der Waals surface area contributed by atoms with E-state index in [0.29, 0.717) is 23.8 Å². The molecule has 2 aliphatic heterocycles. The summed E-state index contributed by atoms with van der Waals surface area (Å²) < 4.78 is 5.68. The predicted molar refractivity (Wildman–Crippen MR) is 119 cm³/mol. The maximum absolute atomic E-state index is 13.5. The van der Waals surface area contributed by atoms with Crippen molar-refractivity contribution >= 4 is 17.4 Å². The first-order valence-corrected chi connectivity index (χ1v) is 11.1. The number of amides is 2. The van der Waals surface area contributed by atoms with Crippen molar-refractivity contribution in [1.29, 1.82) is 0 Å². The van der Waals surface area contributed by atoms with E-state index >= 15 is 0 Å². The molecule has 1 unspecified atom stereocenters. The van der Waals surface area contributed by atoms with Crippen LogP contribution in [0, 0.1) is 5.92 Å². The van der Waals surface area contributed by atoms with Crippen LogP contribution in [0.15, 0.2) is 54.5 Å². The molecule has 2 aromatic rings. The van der Waals surface area contributed by atoms with Gasteiger partial charge in [0.2, 0.25) is 0 Å². The maximum Gasteiger partial charge on any atom is 0.278 e. The third kappa shape index (κ3) is 4.48. The van der Waals surface area contributed by atoms with Gasteiger partial charge in [-0.3, -0.25) is 19.5 Å². The lowest BCUT2D eigenvalue weighted by Gasteiger charge is -2.33. The molecule has 162 valence electrons. The van der Waals surface area contributed by atoms with Crippen LogP contribution in [0.25, 0.3) is 5.57 Å². The largest absolute Gasteiger partial charge is 0.494 e. The molecule has 0 radical (unpaired) electrons. The Kier molecular flexibility index (Phi) is 6.35. The number of rotatable bonds is 7. The number of piperidine rings is 1. The quantitative estimate of drug-likeness (QED) is 0.638. The van der Waals surface area contributed by atoms with Crippen LogP contribution in [0.4, 0.5) is 0 Å². The van der Waals surface area contributed by atoms with E-state index in [9.17, 15) is 9.59 Å². The van der Waals surface area contributed by atoms with Crippen LogP contribution in [-0.4, -0.2) is 46.3 Å². The molecule has 0 spiro atoms. The van der Waals surface area contributed by atoms with Crippen molar-refractivity contribution in [2.75, 3.05) is 19.7 Å². The van der Waals surface area contributed by atoms with Crippen molar-refractivity contribution in [3.63, 3.8) is 0 Å². The number of imide groups is 1. The van der Waals surface area contributed by atoms with E-state index in [0.717, 1.165) is 49.2 Å². The third-order valence-corrected chi connectivity index (χ3v) is 5.80. The van der Waals surface area contributed by atoms with Gasteiger partial charge in [-0.15, -0.1) is 0 Å². The molecule has 0 bridgehead atoms. The Hall–Kier alpha value is -3.15. The predicted octanol–water partition coefficient (Wildman–Crippen LogP) is 3.88. The SMILES string of the molecule is CCCOc1ccc(C2=C(N3CCCC(C)C3)C(=O)N(Cc3cccnc3)C2=O)cc1. The van der Waals surface area contributed by atoms with Gasteiger partial charge in [0.25, 0.3) is 11.8 Å². The number of carbonyl (C=O) groups excluding carboxylic acids is 2. The van der Waals surface area contributed by atoms with E-state index in [-0.39, 0.29) is 18.4 Å². The summed E-state index contributed by atoms with van der Waals surface area (Å²) in [5.41, 5.74) is 2.61. The van der Waals surface area contributed by atoms with Crippen molar-refractivity contribution in [3.05, 3.63) is 65.6 Å². The lowest BCUT2D eigenvalue weighted by molar-refractivity contribution is -0.138. The number of pyridine rings is 1. The van der Waals surface area contributed by atoms with Crippen molar-refractivity contribution in [2.45, 2.75) is 39.7 Å². The zero-order chi connectivity index (χ0) is 21.8. The van der Waals surface area contributed by atoms with Crippen LogP contribution < -0.4 is 4.74 Å². The van der Waals surface area contributed by atoms with Gasteiger partial charge in [0.15, 0.2) is 0 Å². The molecule has 1 aromatic carbocycles. The molecule has 31 heavy (non-hydrogen) atoms. The van der Waals surface area contributed by atoms with Crippen LogP contribution in [0.3, 0.4) is 0 Å². The number of carbonyl (C=O) groups is 2. The van der Waals surface area contributed by atoms with Gasteiger partial charge in [0.1, 0.15) is 11.4 Å². The highest BCUT2D eigenvalue weighted by molar-refractivity contribution is 6.35. The summed E-state index contributed by atoms with van der Waals surface area (Å²) in [4.78, 5) is 34.5. The van der Waals surface area contributed by atoms with Crippen LogP contribution in [0.1, 0.15) is 44.2 Å². The summed E-state index contributed by atoms with van der Waals surface area (Å²) in [6.07, 6.45) is 6.47. The third-order valence-electron chi connectivity index (χ3n) is 5.80. The number of benzene rings is 1. The van der Waals surface area contributed by atoms with Crippen LogP contribution in [0.5, 0.6) is 5.75 Å². The average Bonchev–Trinajstić information content (AvgIpc) is 3.03. The summed E-state index contributed by atoms with van der Waals surface area (Å²) in [6.45, 7) is 6.71. The van der Waals surface area contributed by atoms with Gasteiger partial charge >= 0.3 is 0 Å². The van der Waals surface area contributed by atoms with E-state index in [1.165, 1.54) is 4.90 Å². The molecule has 1 atom stereocenters. The van der Waals surface area contributed by atoms with Crippen LogP contribution in [-0.2, 0) is 16.1 Å². The minimum Gasteiger partial charge on any atom is -0.494 e. The number of hydrogen-bond donors (Lipinski definition) is 0. The molecule has 2 aliphatic rings. The highest BCUT2D eigenvalue weighted by Crippen LogP contribution is 2.35. The minimum absolute atomic E-state index is 0.218. The smallest absolute Gasteiger partial charge is 0.278 e. The van der Waals surface area contributed by atoms with E-state index in [1.807, 2.05) is 36.4 Å². The van der Waals surface area contributed by atoms with Gasteiger partial charge in [0.05, 0.1) is 18.7 Å². The fourth-order valence-corrected chi connectivity index (χ4v) is 4.26. The Labute approximate surface area is 183 Å². The molecule has 1 fully saturated rings. The summed E-state index contributed by atoms with van der Waals surface area (Å²) in [7, 11) is 0. The van der Waals surface area contributed by atoms with E-state index in [4.69, 9.17) is 4.74 Å². The van der Waals surface area contributed by atoms with E-state index in [1.54, 1.807) is 12.4 Å². The minimum atomic E-state index is -0.246. The Morgan fingerprint density at radius 1 is 1.13 bits per heavy atom. The molecular weight excluding hydrogens is 390 g/mol. The number of ether oxygens (including phenoxy) is 1. The van der Waals surface area contributed by atoms with Gasteiger partial charge in [-0.1, -0.05) is 32.0 Å². The lowest BCUT2D eigenvalue weighted by Crippen LogP contribution is -2.39. The molecular formula is C25H29N3O3. The molecule has 2 amide bonds. The Bertz CT molecular complexity index is 969. The van der Waals surface area contributed by atoms with Gasteiger partial charge in [-0.2, -0.15) is 0 Å². The highest BCUT2D eigenvalue weighted by Gasteiger charge is 2.42. The maximum atomic E-state index is 13.5. The lowest BCUT2D eigenvalue weighted by atomic mass is 9.97. The van der Waals surface area contributed by atoms with Gasteiger partial charge in [-0.25, -0.2) is 0 Å². The van der Waals surface area contributed by atoms with Crippen LogP contribution >= 0.6 is 0 Å². The molecule has 3 heterocycles. The summed E-state index contributed by atoms with van der Waals surface area (Å²) >= 11 is 0. The number of hydrogen-bond acceptors (Lipinski definition) is 5. The number of nitrogens with zero attached hydrogens (tertiary/aromatic N) is 3. The highest BCUT2D eigenvalue weighted by atomic mass is 16.5. The zero-order valence-electron chi connectivity index (χ0n) is 18.2. The standard InChI is InChI=1S/C25H29N3O3/c1-3-14-31-21-10-8-20(9-11-21)22-23(27-13-5-6-18(2)16-27)25(30)28(24(22)29)17-19-7-4-12-26-15-19/h4,7-12,15,18H,3,5-6,13-14,16-17H2,1-2H3. The fourth-order valence-electron chi connectivity index (χ4n) is 4.26. The van der Waals surface area contributed by atoms with Gasteiger partial charge in [-0.05, 0) is 54.5 Å². The monoisotopic (exact) mass is 419 g/mol. The Balaban J connectivity index is 1.69. The second-order valence-corrected chi connectivity index (χ2v) is 8.35. The molecule has 6 nitrogen and oxygen atoms in total. The number of likely N-dealkylation sites (tertiary alicyclic amines) is 1. The van der Waals surface area contributed by atoms with Crippen molar-refractivity contribution in [1.82, 2.24) is 14.8 Å². The zero-order valence-corrected chi connectivity index (χ0v) is 18.2. The first-order chi connectivity index (χ1) is 15.1. The number of aromatic nitrogens is 1.